The molecule has 1 fully saturated rings. The van der Waals surface area contributed by atoms with Crippen LogP contribution in [-0.2, 0) is 10.0 Å². The fourth-order valence-corrected chi connectivity index (χ4v) is 4.69. The second-order valence-electron chi connectivity index (χ2n) is 5.73. The van der Waals surface area contributed by atoms with Crippen molar-refractivity contribution in [3.8, 4) is 5.75 Å². The van der Waals surface area contributed by atoms with Crippen LogP contribution in [0.2, 0.25) is 0 Å². The summed E-state index contributed by atoms with van der Waals surface area (Å²) in [6, 6.07) is 8.24. The zero-order valence-corrected chi connectivity index (χ0v) is 16.5. The maximum absolute atomic E-state index is 12.7. The monoisotopic (exact) mass is 439 g/mol. The molecule has 0 saturated carbocycles. The van der Waals surface area contributed by atoms with Crippen molar-refractivity contribution in [2.45, 2.75) is 4.90 Å². The largest absolute Gasteiger partial charge is 0.496 e. The Bertz CT molecular complexity index is 897. The van der Waals surface area contributed by atoms with E-state index in [1.54, 1.807) is 36.3 Å². The van der Waals surface area contributed by atoms with Gasteiger partial charge in [0.1, 0.15) is 10.6 Å². The molecule has 1 amide bonds. The first-order chi connectivity index (χ1) is 12.4. The molecule has 2 aromatic rings. The standard InChI is InChI=1S/C17H18BrN3O4S/c1-25-16-5-4-13(11-15(16)18)17(22)20-7-9-21(10-8-20)26(23,24)14-3-2-6-19-12-14/h2-6,11-12H,7-10H2,1H3. The molecule has 1 aromatic carbocycles. The van der Waals surface area contributed by atoms with Gasteiger partial charge in [-0.05, 0) is 46.3 Å². The van der Waals surface area contributed by atoms with Crippen LogP contribution < -0.4 is 4.74 Å². The lowest BCUT2D eigenvalue weighted by atomic mass is 10.2. The van der Waals surface area contributed by atoms with Gasteiger partial charge in [-0.1, -0.05) is 0 Å². The highest BCUT2D eigenvalue weighted by atomic mass is 79.9. The molecule has 9 heteroatoms. The minimum atomic E-state index is -3.58. The summed E-state index contributed by atoms with van der Waals surface area (Å²) in [6.45, 7) is 1.17. The van der Waals surface area contributed by atoms with E-state index in [1.165, 1.54) is 22.8 Å². The highest BCUT2D eigenvalue weighted by Crippen LogP contribution is 2.26. The van der Waals surface area contributed by atoms with E-state index in [4.69, 9.17) is 4.74 Å². The lowest BCUT2D eigenvalue weighted by Crippen LogP contribution is -2.50. The third kappa shape index (κ3) is 3.74. The van der Waals surface area contributed by atoms with Crippen LogP contribution in [0.15, 0.2) is 52.1 Å². The third-order valence-corrected chi connectivity index (χ3v) is 6.70. The summed E-state index contributed by atoms with van der Waals surface area (Å²) in [7, 11) is -2.02. The van der Waals surface area contributed by atoms with Gasteiger partial charge in [0.05, 0.1) is 11.6 Å². The normalized spacial score (nSPS) is 15.7. The van der Waals surface area contributed by atoms with Crippen molar-refractivity contribution in [3.63, 3.8) is 0 Å². The molecule has 0 bridgehead atoms. The summed E-state index contributed by atoms with van der Waals surface area (Å²) in [5.74, 6) is 0.515. The van der Waals surface area contributed by atoms with Gasteiger partial charge in [-0.3, -0.25) is 9.78 Å². The number of carbonyl (C=O) groups is 1. The van der Waals surface area contributed by atoms with E-state index in [1.807, 2.05) is 0 Å². The van der Waals surface area contributed by atoms with Crippen molar-refractivity contribution in [1.82, 2.24) is 14.2 Å². The Morgan fingerprint density at radius 2 is 1.92 bits per heavy atom. The van der Waals surface area contributed by atoms with Crippen molar-refractivity contribution in [3.05, 3.63) is 52.8 Å². The highest BCUT2D eigenvalue weighted by Gasteiger charge is 2.30. The molecule has 0 radical (unpaired) electrons. The average Bonchev–Trinajstić information content (AvgIpc) is 2.68. The molecule has 0 spiro atoms. The smallest absolute Gasteiger partial charge is 0.253 e. The van der Waals surface area contributed by atoms with E-state index in [2.05, 4.69) is 20.9 Å². The average molecular weight is 440 g/mol. The van der Waals surface area contributed by atoms with Crippen LogP contribution in [0.1, 0.15) is 10.4 Å². The SMILES string of the molecule is COc1ccc(C(=O)N2CCN(S(=O)(=O)c3cccnc3)CC2)cc1Br. The number of ether oxygens (including phenoxy) is 1. The van der Waals surface area contributed by atoms with E-state index < -0.39 is 10.0 Å². The lowest BCUT2D eigenvalue weighted by molar-refractivity contribution is 0.0698. The summed E-state index contributed by atoms with van der Waals surface area (Å²) in [4.78, 5) is 18.4. The van der Waals surface area contributed by atoms with Crippen molar-refractivity contribution < 1.29 is 17.9 Å². The number of nitrogens with zero attached hydrogens (tertiary/aromatic N) is 3. The van der Waals surface area contributed by atoms with Crippen molar-refractivity contribution >= 4 is 31.9 Å². The zero-order chi connectivity index (χ0) is 18.7. The van der Waals surface area contributed by atoms with Gasteiger partial charge in [0.15, 0.2) is 0 Å². The van der Waals surface area contributed by atoms with Crippen LogP contribution in [0.3, 0.4) is 0 Å². The molecule has 1 saturated heterocycles. The first kappa shape index (κ1) is 18.8. The van der Waals surface area contributed by atoms with Gasteiger partial charge in [0, 0.05) is 44.1 Å². The first-order valence-electron chi connectivity index (χ1n) is 7.96. The molecular formula is C17H18BrN3O4S. The molecular weight excluding hydrogens is 422 g/mol. The zero-order valence-electron chi connectivity index (χ0n) is 14.1. The molecule has 138 valence electrons. The van der Waals surface area contributed by atoms with E-state index in [9.17, 15) is 13.2 Å². The van der Waals surface area contributed by atoms with Crippen LogP contribution in [0.5, 0.6) is 5.75 Å². The van der Waals surface area contributed by atoms with Crippen LogP contribution in [0, 0.1) is 0 Å². The number of methoxy groups -OCH3 is 1. The summed E-state index contributed by atoms with van der Waals surface area (Å²) >= 11 is 3.37. The number of piperazine rings is 1. The molecule has 0 N–H and O–H groups in total. The second-order valence-corrected chi connectivity index (χ2v) is 8.53. The highest BCUT2D eigenvalue weighted by molar-refractivity contribution is 9.10. The minimum absolute atomic E-state index is 0.133. The predicted octanol–water partition coefficient (Wildman–Crippen LogP) is 2.00. The lowest BCUT2D eigenvalue weighted by Gasteiger charge is -2.34. The molecule has 1 aliphatic rings. The number of pyridine rings is 1. The summed E-state index contributed by atoms with van der Waals surface area (Å²) < 4.78 is 32.5. The fraction of sp³-hybridized carbons (Fsp3) is 0.294. The Morgan fingerprint density at radius 1 is 1.19 bits per heavy atom. The summed E-state index contributed by atoms with van der Waals surface area (Å²) in [5.41, 5.74) is 0.529. The van der Waals surface area contributed by atoms with Crippen LogP contribution in [0.4, 0.5) is 0 Å². The van der Waals surface area contributed by atoms with E-state index in [0.29, 0.717) is 28.9 Å². The number of aromatic nitrogens is 1. The molecule has 7 nitrogen and oxygen atoms in total. The van der Waals surface area contributed by atoms with Crippen molar-refractivity contribution in [1.29, 1.82) is 0 Å². The molecule has 0 atom stereocenters. The number of sulfonamides is 1. The fourth-order valence-electron chi connectivity index (χ4n) is 2.76. The van der Waals surface area contributed by atoms with Gasteiger partial charge in [-0.2, -0.15) is 4.31 Å². The van der Waals surface area contributed by atoms with Crippen LogP contribution >= 0.6 is 15.9 Å². The van der Waals surface area contributed by atoms with Gasteiger partial charge in [-0.25, -0.2) is 8.42 Å². The number of halogens is 1. The predicted molar refractivity (Wildman–Crippen MR) is 99.6 cm³/mol. The Hall–Kier alpha value is -1.97. The molecule has 2 heterocycles. The molecule has 1 aromatic heterocycles. The second kappa shape index (κ2) is 7.73. The van der Waals surface area contributed by atoms with Gasteiger partial charge < -0.3 is 9.64 Å². The van der Waals surface area contributed by atoms with Gasteiger partial charge in [-0.15, -0.1) is 0 Å². The maximum Gasteiger partial charge on any atom is 0.253 e. The molecule has 26 heavy (non-hydrogen) atoms. The summed E-state index contributed by atoms with van der Waals surface area (Å²) in [5, 5.41) is 0. The minimum Gasteiger partial charge on any atom is -0.496 e. The molecule has 0 aliphatic carbocycles. The first-order valence-corrected chi connectivity index (χ1v) is 10.2. The van der Waals surface area contributed by atoms with Gasteiger partial charge in [0.2, 0.25) is 10.0 Å². The number of amides is 1. The Morgan fingerprint density at radius 3 is 2.50 bits per heavy atom. The molecule has 0 unspecified atom stereocenters. The van der Waals surface area contributed by atoms with E-state index in [-0.39, 0.29) is 23.9 Å². The number of hydrogen-bond acceptors (Lipinski definition) is 5. The maximum atomic E-state index is 12.7. The Kier molecular flexibility index (Phi) is 5.59. The Labute approximate surface area is 160 Å². The van der Waals surface area contributed by atoms with E-state index in [0.717, 1.165) is 0 Å². The Balaban J connectivity index is 1.68. The van der Waals surface area contributed by atoms with Gasteiger partial charge in [0.25, 0.3) is 5.91 Å². The van der Waals surface area contributed by atoms with E-state index >= 15 is 0 Å². The summed E-state index contributed by atoms with van der Waals surface area (Å²) in [6.07, 6.45) is 2.87. The third-order valence-electron chi connectivity index (χ3n) is 4.20. The topological polar surface area (TPSA) is 79.8 Å². The van der Waals surface area contributed by atoms with Crippen molar-refractivity contribution in [2.24, 2.45) is 0 Å². The van der Waals surface area contributed by atoms with Gasteiger partial charge >= 0.3 is 0 Å². The molecule has 1 aliphatic heterocycles. The molecule has 3 rings (SSSR count). The van der Waals surface area contributed by atoms with Crippen molar-refractivity contribution in [2.75, 3.05) is 33.3 Å². The number of benzene rings is 1. The van der Waals surface area contributed by atoms with Crippen LogP contribution in [-0.4, -0.2) is 61.8 Å². The number of carbonyl (C=O) groups excluding carboxylic acids is 1. The number of hydrogen-bond donors (Lipinski definition) is 0. The van der Waals surface area contributed by atoms with Crippen LogP contribution in [0.25, 0.3) is 0 Å². The number of rotatable bonds is 4. The quantitative estimate of drug-likeness (QED) is 0.727.